The van der Waals surface area contributed by atoms with Crippen LogP contribution in [0.1, 0.15) is 28.5 Å². The van der Waals surface area contributed by atoms with E-state index in [0.717, 1.165) is 11.3 Å². The normalized spacial score (nSPS) is 15.5. The molecule has 4 rings (SSSR count). The van der Waals surface area contributed by atoms with Crippen molar-refractivity contribution in [2.45, 2.75) is 12.3 Å². The summed E-state index contributed by atoms with van der Waals surface area (Å²) in [6.45, 7) is 4.41. The Labute approximate surface area is 193 Å². The van der Waals surface area contributed by atoms with Gasteiger partial charge in [0.15, 0.2) is 5.13 Å². The van der Waals surface area contributed by atoms with Gasteiger partial charge < -0.3 is 10.2 Å². The van der Waals surface area contributed by atoms with Gasteiger partial charge in [0.05, 0.1) is 11.1 Å². The van der Waals surface area contributed by atoms with E-state index in [1.165, 1.54) is 24.3 Å². The van der Waals surface area contributed by atoms with Crippen LogP contribution in [0.2, 0.25) is 0 Å². The van der Waals surface area contributed by atoms with Crippen molar-refractivity contribution >= 4 is 28.1 Å². The third-order valence-corrected chi connectivity index (χ3v) is 6.44. The summed E-state index contributed by atoms with van der Waals surface area (Å²) in [6.07, 6.45) is 5.75. The summed E-state index contributed by atoms with van der Waals surface area (Å²) in [5.41, 5.74) is -0.163. The van der Waals surface area contributed by atoms with Crippen LogP contribution in [-0.2, 0) is 5.41 Å². The van der Waals surface area contributed by atoms with E-state index in [1.807, 2.05) is 4.90 Å². The molecule has 2 heterocycles. The van der Waals surface area contributed by atoms with Crippen LogP contribution in [0.5, 0.6) is 0 Å². The summed E-state index contributed by atoms with van der Waals surface area (Å²) in [4.78, 5) is 18.9. The first-order chi connectivity index (χ1) is 15.8. The van der Waals surface area contributed by atoms with Crippen molar-refractivity contribution in [3.05, 3.63) is 76.1 Å². The molecular formula is C24H21F3N4OS. The van der Waals surface area contributed by atoms with Gasteiger partial charge in [-0.15, -0.1) is 17.8 Å². The molecule has 3 aromatic rings. The highest BCUT2D eigenvalue weighted by Crippen LogP contribution is 2.34. The van der Waals surface area contributed by atoms with Crippen LogP contribution in [0.3, 0.4) is 0 Å². The molecule has 1 aromatic heterocycles. The minimum atomic E-state index is -0.978. The number of halogens is 3. The molecule has 170 valence electrons. The lowest BCUT2D eigenvalue weighted by Gasteiger charge is -2.29. The molecule has 1 saturated heterocycles. The number of thiazole rings is 1. The quantitative estimate of drug-likeness (QED) is 0.550. The molecule has 1 fully saturated rings. The van der Waals surface area contributed by atoms with E-state index in [1.54, 1.807) is 24.4 Å². The fourth-order valence-electron chi connectivity index (χ4n) is 3.69. The number of carbonyl (C=O) groups excluding carboxylic acids is 1. The molecule has 1 aliphatic heterocycles. The van der Waals surface area contributed by atoms with Gasteiger partial charge in [-0.3, -0.25) is 10.1 Å². The summed E-state index contributed by atoms with van der Waals surface area (Å²) in [6, 6.07) is 8.07. The lowest BCUT2D eigenvalue weighted by atomic mass is 9.81. The summed E-state index contributed by atoms with van der Waals surface area (Å²) in [5.74, 6) is -0.564. The fraction of sp³-hybridized carbons (Fsp3) is 0.250. The second-order valence-corrected chi connectivity index (χ2v) is 8.65. The maximum Gasteiger partial charge on any atom is 0.263 e. The standard InChI is InChI=1S/C24H21F3N4OS/c1-3-24(2,15-4-6-16(25)7-5-15)20-14-33-23(29-20)30-22(32)21-18(26)12-17(13-19(21)27)31-10-8-28-9-11-31/h1,4-7,12-14,28H,8-11H2,2H3,(H,29,30,32)/t24-/m0/s1. The summed E-state index contributed by atoms with van der Waals surface area (Å²) in [7, 11) is 0. The zero-order chi connectivity index (χ0) is 23.6. The molecule has 0 bridgehead atoms. The molecule has 0 spiro atoms. The van der Waals surface area contributed by atoms with Gasteiger partial charge in [0.25, 0.3) is 5.91 Å². The highest BCUT2D eigenvalue weighted by molar-refractivity contribution is 7.14. The number of nitrogens with one attached hydrogen (secondary N) is 2. The number of hydrogen-bond acceptors (Lipinski definition) is 5. The number of rotatable bonds is 5. The van der Waals surface area contributed by atoms with Gasteiger partial charge in [0.2, 0.25) is 0 Å². The van der Waals surface area contributed by atoms with E-state index in [4.69, 9.17) is 6.42 Å². The number of hydrogen-bond donors (Lipinski definition) is 2. The number of aromatic nitrogens is 1. The van der Waals surface area contributed by atoms with Gasteiger partial charge in [0, 0.05) is 37.2 Å². The van der Waals surface area contributed by atoms with Crippen LogP contribution in [0.4, 0.5) is 24.0 Å². The number of anilines is 2. The maximum atomic E-state index is 14.7. The first-order valence-corrected chi connectivity index (χ1v) is 11.2. The van der Waals surface area contributed by atoms with Crippen molar-refractivity contribution in [1.29, 1.82) is 0 Å². The van der Waals surface area contributed by atoms with Gasteiger partial charge in [-0.25, -0.2) is 18.2 Å². The van der Waals surface area contributed by atoms with E-state index in [-0.39, 0.29) is 5.13 Å². The Hall–Kier alpha value is -3.35. The molecule has 0 saturated carbocycles. The average molecular weight is 471 g/mol. The molecule has 1 aliphatic rings. The average Bonchev–Trinajstić information content (AvgIpc) is 3.28. The van der Waals surface area contributed by atoms with Crippen molar-refractivity contribution in [3.63, 3.8) is 0 Å². The molecule has 33 heavy (non-hydrogen) atoms. The Morgan fingerprint density at radius 2 is 1.82 bits per heavy atom. The van der Waals surface area contributed by atoms with Gasteiger partial charge in [0.1, 0.15) is 23.0 Å². The fourth-order valence-corrected chi connectivity index (χ4v) is 4.51. The molecule has 9 heteroatoms. The van der Waals surface area contributed by atoms with Crippen LogP contribution in [0.15, 0.2) is 41.8 Å². The number of benzene rings is 2. The largest absolute Gasteiger partial charge is 0.369 e. The van der Waals surface area contributed by atoms with Crippen molar-refractivity contribution in [2.75, 3.05) is 36.4 Å². The van der Waals surface area contributed by atoms with Gasteiger partial charge in [-0.2, -0.15) is 0 Å². The van der Waals surface area contributed by atoms with E-state index >= 15 is 0 Å². The summed E-state index contributed by atoms with van der Waals surface area (Å²) in [5, 5.41) is 7.42. The van der Waals surface area contributed by atoms with E-state index in [2.05, 4.69) is 21.5 Å². The second-order valence-electron chi connectivity index (χ2n) is 7.79. The third-order valence-electron chi connectivity index (χ3n) is 5.68. The first-order valence-electron chi connectivity index (χ1n) is 10.3. The zero-order valence-corrected chi connectivity index (χ0v) is 18.6. The molecular weight excluding hydrogens is 449 g/mol. The maximum absolute atomic E-state index is 14.7. The van der Waals surface area contributed by atoms with E-state index in [9.17, 15) is 18.0 Å². The number of piperazine rings is 1. The second kappa shape index (κ2) is 9.25. The Balaban J connectivity index is 1.55. The van der Waals surface area contributed by atoms with Crippen LogP contribution in [0.25, 0.3) is 0 Å². The number of nitrogens with zero attached hydrogens (tertiary/aromatic N) is 2. The van der Waals surface area contributed by atoms with Gasteiger partial charge in [-0.1, -0.05) is 18.1 Å². The molecule has 1 amide bonds. The summed E-state index contributed by atoms with van der Waals surface area (Å²) < 4.78 is 42.7. The molecule has 0 unspecified atom stereocenters. The highest BCUT2D eigenvalue weighted by atomic mass is 32.1. The Bertz CT molecular complexity index is 1190. The Morgan fingerprint density at radius 3 is 2.42 bits per heavy atom. The minimum absolute atomic E-state index is 0.142. The van der Waals surface area contributed by atoms with E-state index < -0.39 is 34.3 Å². The van der Waals surface area contributed by atoms with Crippen molar-refractivity contribution < 1.29 is 18.0 Å². The van der Waals surface area contributed by atoms with Crippen LogP contribution >= 0.6 is 11.3 Å². The minimum Gasteiger partial charge on any atom is -0.369 e. The highest BCUT2D eigenvalue weighted by Gasteiger charge is 2.30. The monoisotopic (exact) mass is 470 g/mol. The van der Waals surface area contributed by atoms with Crippen molar-refractivity contribution in [3.8, 4) is 12.3 Å². The van der Waals surface area contributed by atoms with Crippen LogP contribution in [0, 0.1) is 29.8 Å². The van der Waals surface area contributed by atoms with E-state index in [0.29, 0.717) is 43.1 Å². The SMILES string of the molecule is C#C[C@@](C)(c1ccc(F)cc1)c1csc(NC(=O)c2c(F)cc(N3CCNCC3)cc2F)n1. The van der Waals surface area contributed by atoms with Crippen molar-refractivity contribution in [1.82, 2.24) is 10.3 Å². The van der Waals surface area contributed by atoms with Crippen LogP contribution < -0.4 is 15.5 Å². The third kappa shape index (κ3) is 4.58. The van der Waals surface area contributed by atoms with Crippen LogP contribution in [-0.4, -0.2) is 37.1 Å². The molecule has 0 radical (unpaired) electrons. The molecule has 2 N–H and O–H groups in total. The molecule has 0 aliphatic carbocycles. The summed E-state index contributed by atoms with van der Waals surface area (Å²) >= 11 is 1.08. The predicted octanol–water partition coefficient (Wildman–Crippen LogP) is 4.16. The molecule has 1 atom stereocenters. The zero-order valence-electron chi connectivity index (χ0n) is 17.8. The lowest BCUT2D eigenvalue weighted by molar-refractivity contribution is 0.101. The molecule has 5 nitrogen and oxygen atoms in total. The number of terminal acetylenes is 1. The topological polar surface area (TPSA) is 57.3 Å². The number of carbonyl (C=O) groups is 1. The molecule has 2 aromatic carbocycles. The van der Waals surface area contributed by atoms with Gasteiger partial charge in [-0.05, 0) is 36.8 Å². The predicted molar refractivity (Wildman–Crippen MR) is 123 cm³/mol. The Kier molecular flexibility index (Phi) is 6.40. The number of amides is 1. The van der Waals surface area contributed by atoms with Crippen molar-refractivity contribution in [2.24, 2.45) is 0 Å². The lowest BCUT2D eigenvalue weighted by Crippen LogP contribution is -2.43. The Morgan fingerprint density at radius 1 is 1.18 bits per heavy atom. The van der Waals surface area contributed by atoms with Gasteiger partial charge >= 0.3 is 0 Å². The smallest absolute Gasteiger partial charge is 0.263 e. The first kappa shape index (κ1) is 22.8.